The largest absolute Gasteiger partial charge is 0.465 e. The third-order valence-corrected chi connectivity index (χ3v) is 3.36. The van der Waals surface area contributed by atoms with Crippen LogP contribution in [-0.2, 0) is 16.1 Å². The van der Waals surface area contributed by atoms with Crippen LogP contribution in [0, 0.1) is 0 Å². The molecule has 0 aromatic heterocycles. The summed E-state index contributed by atoms with van der Waals surface area (Å²) in [5.74, 6) is -0.103. The monoisotopic (exact) mass is 233 g/mol. The second kappa shape index (κ2) is 4.49. The molecule has 17 heavy (non-hydrogen) atoms. The van der Waals surface area contributed by atoms with Crippen molar-refractivity contribution in [1.29, 1.82) is 0 Å². The van der Waals surface area contributed by atoms with E-state index in [1.54, 1.807) is 0 Å². The quantitative estimate of drug-likeness (QED) is 0.590. The van der Waals surface area contributed by atoms with E-state index in [2.05, 4.69) is 30.9 Å². The van der Waals surface area contributed by atoms with Crippen LogP contribution in [0.25, 0.3) is 0 Å². The van der Waals surface area contributed by atoms with Crippen molar-refractivity contribution in [3.63, 3.8) is 0 Å². The standard InChI is InChI=1S/C14H19NO2/c1-4-17-13(16)12-14(2,3)15(12)10-11-8-6-5-7-9-11/h5-9,12H,4,10H2,1-3H3. The number of ether oxygens (including phenoxy) is 1. The van der Waals surface area contributed by atoms with Crippen molar-refractivity contribution in [1.82, 2.24) is 4.90 Å². The number of nitrogens with zero attached hydrogens (tertiary/aromatic N) is 1. The van der Waals surface area contributed by atoms with Gasteiger partial charge in [0.15, 0.2) is 0 Å². The molecule has 1 heterocycles. The molecule has 0 saturated carbocycles. The van der Waals surface area contributed by atoms with Crippen molar-refractivity contribution in [3.8, 4) is 0 Å². The molecular formula is C14H19NO2. The summed E-state index contributed by atoms with van der Waals surface area (Å²) in [6.45, 7) is 7.26. The zero-order chi connectivity index (χ0) is 12.5. The van der Waals surface area contributed by atoms with Gasteiger partial charge in [0.25, 0.3) is 0 Å². The van der Waals surface area contributed by atoms with Crippen LogP contribution in [0.3, 0.4) is 0 Å². The number of hydrogen-bond donors (Lipinski definition) is 0. The molecule has 92 valence electrons. The summed E-state index contributed by atoms with van der Waals surface area (Å²) in [5, 5.41) is 0. The lowest BCUT2D eigenvalue weighted by atomic mass is 10.1. The molecule has 0 N–H and O–H groups in total. The van der Waals surface area contributed by atoms with Crippen LogP contribution in [-0.4, -0.2) is 29.1 Å². The van der Waals surface area contributed by atoms with E-state index in [9.17, 15) is 4.79 Å². The Kier molecular flexibility index (Phi) is 3.20. The van der Waals surface area contributed by atoms with Crippen molar-refractivity contribution in [3.05, 3.63) is 35.9 Å². The molecular weight excluding hydrogens is 214 g/mol. The fourth-order valence-electron chi connectivity index (χ4n) is 2.28. The van der Waals surface area contributed by atoms with E-state index in [1.807, 2.05) is 25.1 Å². The van der Waals surface area contributed by atoms with Gasteiger partial charge in [-0.05, 0) is 26.3 Å². The molecule has 1 aromatic rings. The highest BCUT2D eigenvalue weighted by atomic mass is 16.5. The van der Waals surface area contributed by atoms with Crippen LogP contribution < -0.4 is 0 Å². The van der Waals surface area contributed by atoms with Gasteiger partial charge < -0.3 is 4.74 Å². The van der Waals surface area contributed by atoms with Gasteiger partial charge in [0.1, 0.15) is 6.04 Å². The molecule has 1 saturated heterocycles. The van der Waals surface area contributed by atoms with E-state index in [-0.39, 0.29) is 17.6 Å². The molecule has 0 aliphatic carbocycles. The van der Waals surface area contributed by atoms with Gasteiger partial charge in [-0.1, -0.05) is 30.3 Å². The van der Waals surface area contributed by atoms with Crippen molar-refractivity contribution in [2.75, 3.05) is 6.61 Å². The highest BCUT2D eigenvalue weighted by Crippen LogP contribution is 2.42. The molecule has 2 atom stereocenters. The Morgan fingerprint density at radius 3 is 2.59 bits per heavy atom. The highest BCUT2D eigenvalue weighted by Gasteiger charge is 2.60. The summed E-state index contributed by atoms with van der Waals surface area (Å²) in [4.78, 5) is 13.9. The molecule has 2 rings (SSSR count). The van der Waals surface area contributed by atoms with Gasteiger partial charge in [-0.25, -0.2) is 0 Å². The Balaban J connectivity index is 2.01. The predicted octanol–water partition coefficient (Wildman–Crippen LogP) is 2.21. The van der Waals surface area contributed by atoms with Gasteiger partial charge in [0, 0.05) is 12.1 Å². The molecule has 1 aromatic carbocycles. The SMILES string of the molecule is CCOC(=O)C1N(Cc2ccccc2)C1(C)C. The first-order chi connectivity index (χ1) is 8.07. The Labute approximate surface area is 102 Å². The van der Waals surface area contributed by atoms with Gasteiger partial charge in [-0.15, -0.1) is 0 Å². The maximum absolute atomic E-state index is 11.8. The molecule has 1 aliphatic rings. The maximum atomic E-state index is 11.8. The maximum Gasteiger partial charge on any atom is 0.325 e. The van der Waals surface area contributed by atoms with Crippen molar-refractivity contribution in [2.24, 2.45) is 0 Å². The second-order valence-electron chi connectivity index (χ2n) is 4.92. The molecule has 3 nitrogen and oxygen atoms in total. The molecule has 0 bridgehead atoms. The van der Waals surface area contributed by atoms with Crippen LogP contribution in [0.15, 0.2) is 30.3 Å². The first-order valence-electron chi connectivity index (χ1n) is 6.04. The van der Waals surface area contributed by atoms with E-state index in [1.165, 1.54) is 5.56 Å². The summed E-state index contributed by atoms with van der Waals surface area (Å²) >= 11 is 0. The smallest absolute Gasteiger partial charge is 0.325 e. The van der Waals surface area contributed by atoms with Crippen LogP contribution in [0.2, 0.25) is 0 Å². The molecule has 0 amide bonds. The minimum Gasteiger partial charge on any atom is -0.465 e. The number of esters is 1. The third-order valence-electron chi connectivity index (χ3n) is 3.36. The number of carbonyl (C=O) groups excluding carboxylic acids is 1. The minimum atomic E-state index is -0.103. The predicted molar refractivity (Wildman–Crippen MR) is 66.5 cm³/mol. The highest BCUT2D eigenvalue weighted by molar-refractivity contribution is 5.81. The molecule has 1 fully saturated rings. The van der Waals surface area contributed by atoms with Gasteiger partial charge in [-0.3, -0.25) is 9.69 Å². The van der Waals surface area contributed by atoms with Crippen molar-refractivity contribution in [2.45, 2.75) is 38.9 Å². The minimum absolute atomic E-state index is 0.0813. The van der Waals surface area contributed by atoms with Crippen molar-refractivity contribution >= 4 is 5.97 Å². The van der Waals surface area contributed by atoms with Gasteiger partial charge in [-0.2, -0.15) is 0 Å². The fraction of sp³-hybridized carbons (Fsp3) is 0.500. The van der Waals surface area contributed by atoms with E-state index in [4.69, 9.17) is 4.74 Å². The summed E-state index contributed by atoms with van der Waals surface area (Å²) < 4.78 is 5.09. The van der Waals surface area contributed by atoms with Crippen LogP contribution in [0.1, 0.15) is 26.3 Å². The molecule has 2 unspecified atom stereocenters. The lowest BCUT2D eigenvalue weighted by Gasteiger charge is -2.05. The Morgan fingerprint density at radius 1 is 1.35 bits per heavy atom. The first-order valence-corrected chi connectivity index (χ1v) is 6.04. The lowest BCUT2D eigenvalue weighted by molar-refractivity contribution is -0.143. The van der Waals surface area contributed by atoms with Gasteiger partial charge >= 0.3 is 5.97 Å². The molecule has 0 radical (unpaired) electrons. The van der Waals surface area contributed by atoms with E-state index in [0.29, 0.717) is 6.61 Å². The lowest BCUT2D eigenvalue weighted by Crippen LogP contribution is -2.17. The number of carbonyl (C=O) groups is 1. The molecule has 3 heteroatoms. The normalized spacial score (nSPS) is 25.4. The summed E-state index contributed by atoms with van der Waals surface area (Å²) in [6, 6.07) is 10.1. The zero-order valence-corrected chi connectivity index (χ0v) is 10.6. The summed E-state index contributed by atoms with van der Waals surface area (Å²) in [7, 11) is 0. The molecule has 1 aliphatic heterocycles. The second-order valence-corrected chi connectivity index (χ2v) is 4.92. The Morgan fingerprint density at radius 2 is 2.00 bits per heavy atom. The van der Waals surface area contributed by atoms with Gasteiger partial charge in [0.05, 0.1) is 6.61 Å². The first kappa shape index (κ1) is 12.1. The molecule has 0 spiro atoms. The summed E-state index contributed by atoms with van der Waals surface area (Å²) in [5.41, 5.74) is 1.15. The van der Waals surface area contributed by atoms with Crippen LogP contribution in [0.5, 0.6) is 0 Å². The average Bonchev–Trinajstić information content (AvgIpc) is 2.82. The number of benzene rings is 1. The van der Waals surface area contributed by atoms with E-state index in [0.717, 1.165) is 6.54 Å². The average molecular weight is 233 g/mol. The van der Waals surface area contributed by atoms with Crippen LogP contribution in [0.4, 0.5) is 0 Å². The topological polar surface area (TPSA) is 29.3 Å². The van der Waals surface area contributed by atoms with E-state index < -0.39 is 0 Å². The Bertz CT molecular complexity index is 400. The number of hydrogen-bond acceptors (Lipinski definition) is 3. The summed E-state index contributed by atoms with van der Waals surface area (Å²) in [6.07, 6.45) is 0. The van der Waals surface area contributed by atoms with Crippen molar-refractivity contribution < 1.29 is 9.53 Å². The van der Waals surface area contributed by atoms with Crippen LogP contribution >= 0.6 is 0 Å². The third kappa shape index (κ3) is 2.34. The fourth-order valence-corrected chi connectivity index (χ4v) is 2.28. The van der Waals surface area contributed by atoms with Gasteiger partial charge in [0.2, 0.25) is 0 Å². The zero-order valence-electron chi connectivity index (χ0n) is 10.6. The number of rotatable bonds is 4. The Hall–Kier alpha value is -1.35. The van der Waals surface area contributed by atoms with E-state index >= 15 is 0 Å².